The van der Waals surface area contributed by atoms with Crippen LogP contribution in [-0.2, 0) is 25.0 Å². The molecule has 1 aliphatic rings. The molecular weight excluding hydrogens is 310 g/mol. The molecule has 0 aliphatic carbocycles. The second-order valence-corrected chi connectivity index (χ2v) is 6.45. The molecule has 6 heteroatoms. The molecule has 4 rings (SSSR count). The van der Waals surface area contributed by atoms with E-state index in [1.54, 1.807) is 11.3 Å². The topological polar surface area (TPSA) is 55.6 Å². The Bertz CT molecular complexity index is 971. The number of fused-ring (bicyclic) bond motifs is 2. The molecule has 0 radical (unpaired) electrons. The Balaban J connectivity index is 1.62. The van der Waals surface area contributed by atoms with Gasteiger partial charge in [-0.05, 0) is 35.4 Å². The lowest BCUT2D eigenvalue weighted by Crippen LogP contribution is -2.23. The third-order valence-electron chi connectivity index (χ3n) is 3.95. The van der Waals surface area contributed by atoms with Gasteiger partial charge in [0.25, 0.3) is 5.91 Å². The van der Waals surface area contributed by atoms with Gasteiger partial charge >= 0.3 is 0 Å². The van der Waals surface area contributed by atoms with Crippen LogP contribution in [0.5, 0.6) is 0 Å². The summed E-state index contributed by atoms with van der Waals surface area (Å²) < 4.78 is 8.48. The van der Waals surface area contributed by atoms with Crippen molar-refractivity contribution in [1.29, 1.82) is 0 Å². The average molecular weight is 325 g/mol. The number of benzene rings is 2. The number of rotatable bonds is 2. The van der Waals surface area contributed by atoms with Gasteiger partial charge in [-0.25, -0.2) is 5.43 Å². The monoisotopic (exact) mass is 325 g/mol. The first-order valence-electron chi connectivity index (χ1n) is 7.30. The Morgan fingerprint density at radius 3 is 2.91 bits per heavy atom. The van der Waals surface area contributed by atoms with Crippen molar-refractivity contribution in [3.05, 3.63) is 64.0 Å². The minimum atomic E-state index is -0.211. The van der Waals surface area contributed by atoms with Gasteiger partial charge in [-0.2, -0.15) is 0 Å². The number of aryl methyl sites for hydroxylation is 1. The van der Waals surface area contributed by atoms with Gasteiger partial charge in [-0.15, -0.1) is 5.10 Å². The number of nitrogens with one attached hydrogen (secondary N) is 1. The SMILES string of the molecule is Cn1/c(=N\NC(=O)c2ccc3c(c2)COC3)sc2ccccc21. The van der Waals surface area contributed by atoms with Crippen LogP contribution >= 0.6 is 11.3 Å². The Labute approximate surface area is 136 Å². The maximum absolute atomic E-state index is 12.3. The first kappa shape index (κ1) is 14.2. The van der Waals surface area contributed by atoms with Gasteiger partial charge in [0.15, 0.2) is 0 Å². The van der Waals surface area contributed by atoms with Crippen LogP contribution in [0.1, 0.15) is 21.5 Å². The van der Waals surface area contributed by atoms with E-state index < -0.39 is 0 Å². The summed E-state index contributed by atoms with van der Waals surface area (Å²) in [4.78, 5) is 13.0. The highest BCUT2D eigenvalue weighted by atomic mass is 32.1. The molecule has 3 aromatic rings. The predicted octanol–water partition coefficient (Wildman–Crippen LogP) is 2.52. The Morgan fingerprint density at radius 1 is 1.22 bits per heavy atom. The number of carbonyl (C=O) groups excluding carboxylic acids is 1. The van der Waals surface area contributed by atoms with E-state index in [4.69, 9.17) is 4.74 Å². The molecule has 0 saturated carbocycles. The molecule has 0 bridgehead atoms. The van der Waals surface area contributed by atoms with Gasteiger partial charge in [0, 0.05) is 12.6 Å². The molecular formula is C17H15N3O2S. The summed E-state index contributed by atoms with van der Waals surface area (Å²) in [6.07, 6.45) is 0. The van der Waals surface area contributed by atoms with E-state index in [-0.39, 0.29) is 5.91 Å². The van der Waals surface area contributed by atoms with Crippen molar-refractivity contribution in [1.82, 2.24) is 9.99 Å². The quantitative estimate of drug-likeness (QED) is 0.736. The van der Waals surface area contributed by atoms with Crippen LogP contribution in [0.15, 0.2) is 47.6 Å². The molecule has 0 spiro atoms. The Hall–Kier alpha value is -2.44. The Morgan fingerprint density at radius 2 is 2.04 bits per heavy atom. The minimum Gasteiger partial charge on any atom is -0.372 e. The van der Waals surface area contributed by atoms with E-state index in [2.05, 4.69) is 10.5 Å². The van der Waals surface area contributed by atoms with E-state index in [9.17, 15) is 4.79 Å². The van der Waals surface area contributed by atoms with Gasteiger partial charge in [0.1, 0.15) is 0 Å². The fourth-order valence-corrected chi connectivity index (χ4v) is 3.64. The summed E-state index contributed by atoms with van der Waals surface area (Å²) >= 11 is 1.54. The van der Waals surface area contributed by atoms with Crippen molar-refractivity contribution in [3.8, 4) is 0 Å². The van der Waals surface area contributed by atoms with Gasteiger partial charge in [-0.1, -0.05) is 29.5 Å². The van der Waals surface area contributed by atoms with E-state index in [1.165, 1.54) is 0 Å². The van der Waals surface area contributed by atoms with Gasteiger partial charge in [-0.3, -0.25) is 4.79 Å². The number of hydrogen-bond donors (Lipinski definition) is 1. The van der Waals surface area contributed by atoms with Gasteiger partial charge in [0.05, 0.1) is 23.4 Å². The molecule has 2 heterocycles. The molecule has 0 saturated heterocycles. The highest BCUT2D eigenvalue weighted by molar-refractivity contribution is 7.16. The number of thiazole rings is 1. The largest absolute Gasteiger partial charge is 0.372 e. The number of hydrogen-bond acceptors (Lipinski definition) is 4. The van der Waals surface area contributed by atoms with Crippen LogP contribution in [0.25, 0.3) is 10.2 Å². The number of aromatic nitrogens is 1. The van der Waals surface area contributed by atoms with Gasteiger partial charge < -0.3 is 9.30 Å². The lowest BCUT2D eigenvalue weighted by Gasteiger charge is -2.02. The Kier molecular flexibility index (Phi) is 3.48. The number of nitrogens with zero attached hydrogens (tertiary/aromatic N) is 2. The molecule has 1 aliphatic heterocycles. The second-order valence-electron chi connectivity index (χ2n) is 5.44. The van der Waals surface area contributed by atoms with Crippen LogP contribution in [0.4, 0.5) is 0 Å². The molecule has 2 aromatic carbocycles. The average Bonchev–Trinajstić information content (AvgIpc) is 3.17. The maximum atomic E-state index is 12.3. The zero-order chi connectivity index (χ0) is 15.8. The first-order valence-corrected chi connectivity index (χ1v) is 8.12. The number of ether oxygens (including phenoxy) is 1. The summed E-state index contributed by atoms with van der Waals surface area (Å²) in [5, 5.41) is 4.26. The van der Waals surface area contributed by atoms with Gasteiger partial charge in [0.2, 0.25) is 4.80 Å². The lowest BCUT2D eigenvalue weighted by molar-refractivity contribution is 0.0953. The maximum Gasteiger partial charge on any atom is 0.271 e. The van der Waals surface area contributed by atoms with Crippen LogP contribution in [-0.4, -0.2) is 10.5 Å². The summed E-state index contributed by atoms with van der Waals surface area (Å²) in [6, 6.07) is 13.7. The molecule has 1 N–H and O–H groups in total. The van der Waals surface area contributed by atoms with Crippen LogP contribution in [0, 0.1) is 0 Å². The number of para-hydroxylation sites is 1. The molecule has 5 nitrogen and oxygen atoms in total. The van der Waals surface area contributed by atoms with Crippen molar-refractivity contribution in [2.45, 2.75) is 13.2 Å². The molecule has 0 atom stereocenters. The normalized spacial score (nSPS) is 14.2. The van der Waals surface area contributed by atoms with E-state index in [1.807, 2.05) is 54.1 Å². The predicted molar refractivity (Wildman–Crippen MR) is 88.8 cm³/mol. The summed E-state index contributed by atoms with van der Waals surface area (Å²) in [5.41, 5.74) is 6.56. The highest BCUT2D eigenvalue weighted by Crippen LogP contribution is 2.20. The highest BCUT2D eigenvalue weighted by Gasteiger charge is 2.14. The molecule has 0 fully saturated rings. The van der Waals surface area contributed by atoms with E-state index in [0.29, 0.717) is 18.8 Å². The molecule has 23 heavy (non-hydrogen) atoms. The van der Waals surface area contributed by atoms with Crippen LogP contribution in [0.3, 0.4) is 0 Å². The van der Waals surface area contributed by atoms with Crippen molar-refractivity contribution in [2.24, 2.45) is 12.1 Å². The smallest absolute Gasteiger partial charge is 0.271 e. The second kappa shape index (κ2) is 5.64. The molecule has 116 valence electrons. The fraction of sp³-hybridized carbons (Fsp3) is 0.176. The zero-order valence-electron chi connectivity index (χ0n) is 12.6. The third kappa shape index (κ3) is 2.56. The lowest BCUT2D eigenvalue weighted by atomic mass is 10.1. The van der Waals surface area contributed by atoms with Crippen molar-refractivity contribution >= 4 is 27.5 Å². The standard InChI is InChI=1S/C17H15N3O2S/c1-20-14-4-2-3-5-15(14)23-17(20)19-18-16(21)11-6-7-12-9-22-10-13(12)8-11/h2-8H,9-10H2,1H3,(H,18,21)/b19-17+. The van der Waals surface area contributed by atoms with Crippen molar-refractivity contribution in [2.75, 3.05) is 0 Å². The number of amides is 1. The molecule has 1 amide bonds. The van der Waals surface area contributed by atoms with E-state index in [0.717, 1.165) is 26.1 Å². The molecule has 0 unspecified atom stereocenters. The van der Waals surface area contributed by atoms with Crippen LogP contribution in [0.2, 0.25) is 0 Å². The first-order chi connectivity index (χ1) is 11.2. The molecule has 1 aromatic heterocycles. The summed E-state index contributed by atoms with van der Waals surface area (Å²) in [6.45, 7) is 1.19. The fourth-order valence-electron chi connectivity index (χ4n) is 2.66. The summed E-state index contributed by atoms with van der Waals surface area (Å²) in [7, 11) is 1.94. The van der Waals surface area contributed by atoms with Crippen molar-refractivity contribution < 1.29 is 9.53 Å². The summed E-state index contributed by atoms with van der Waals surface area (Å²) in [5.74, 6) is -0.211. The van der Waals surface area contributed by atoms with E-state index >= 15 is 0 Å². The zero-order valence-corrected chi connectivity index (χ0v) is 13.4. The minimum absolute atomic E-state index is 0.211. The van der Waals surface area contributed by atoms with Crippen LogP contribution < -0.4 is 10.2 Å². The third-order valence-corrected chi connectivity index (χ3v) is 5.06. The number of carbonyl (C=O) groups is 1. The van der Waals surface area contributed by atoms with Crippen molar-refractivity contribution in [3.63, 3.8) is 0 Å².